The van der Waals surface area contributed by atoms with Gasteiger partial charge in [-0.1, -0.05) is 13.8 Å². The minimum atomic E-state index is -3.29. The van der Waals surface area contributed by atoms with Crippen LogP contribution in [-0.4, -0.2) is 33.4 Å². The third kappa shape index (κ3) is 8.74. The lowest BCUT2D eigenvalue weighted by atomic mass is 10.1. The minimum absolute atomic E-state index is 0.285. The van der Waals surface area contributed by atoms with E-state index in [1.807, 2.05) is 0 Å². The number of halogens is 1. The summed E-state index contributed by atoms with van der Waals surface area (Å²) >= 11 is 5.18. The van der Waals surface area contributed by atoms with Crippen molar-refractivity contribution in [2.24, 2.45) is 5.92 Å². The van der Waals surface area contributed by atoms with Gasteiger partial charge in [-0.3, -0.25) is 0 Å². The number of ether oxygens (including phenoxy) is 1. The molecule has 0 aromatic rings. The molecule has 0 atom stereocenters. The first-order chi connectivity index (χ1) is 6.48. The zero-order valence-corrected chi connectivity index (χ0v) is 10.2. The summed E-state index contributed by atoms with van der Waals surface area (Å²) in [7, 11) is -3.29. The van der Waals surface area contributed by atoms with Crippen molar-refractivity contribution < 1.29 is 13.2 Å². The van der Waals surface area contributed by atoms with Gasteiger partial charge in [-0.15, -0.1) is 11.6 Å². The van der Waals surface area contributed by atoms with Gasteiger partial charge in [0, 0.05) is 13.2 Å². The van der Waals surface area contributed by atoms with Gasteiger partial charge in [-0.05, 0) is 12.3 Å². The van der Waals surface area contributed by atoms with Crippen LogP contribution in [0.4, 0.5) is 0 Å². The molecule has 6 heteroatoms. The van der Waals surface area contributed by atoms with Crippen LogP contribution in [0.2, 0.25) is 0 Å². The van der Waals surface area contributed by atoms with Crippen LogP contribution in [0.3, 0.4) is 0 Å². The molecule has 86 valence electrons. The number of hydrogen-bond donors (Lipinski definition) is 1. The molecule has 0 aliphatic carbocycles. The van der Waals surface area contributed by atoms with Crippen molar-refractivity contribution in [1.29, 1.82) is 0 Å². The highest BCUT2D eigenvalue weighted by Crippen LogP contribution is 1.98. The van der Waals surface area contributed by atoms with Crippen molar-refractivity contribution in [2.45, 2.75) is 20.3 Å². The highest BCUT2D eigenvalue weighted by atomic mass is 35.5. The largest absolute Gasteiger partial charge is 0.380 e. The minimum Gasteiger partial charge on any atom is -0.380 e. The van der Waals surface area contributed by atoms with Gasteiger partial charge in [0.1, 0.15) is 5.21 Å². The number of rotatable bonds is 8. The van der Waals surface area contributed by atoms with Gasteiger partial charge in [0.15, 0.2) is 0 Å². The topological polar surface area (TPSA) is 55.4 Å². The molecule has 0 rings (SSSR count). The molecule has 0 aliphatic heterocycles. The molecule has 0 aromatic carbocycles. The van der Waals surface area contributed by atoms with Gasteiger partial charge in [0.2, 0.25) is 10.0 Å². The van der Waals surface area contributed by atoms with Crippen LogP contribution in [0.15, 0.2) is 0 Å². The Morgan fingerprint density at radius 2 is 2.00 bits per heavy atom. The Balaban J connectivity index is 3.31. The monoisotopic (exact) mass is 243 g/mol. The Bertz CT molecular complexity index is 229. The average molecular weight is 244 g/mol. The second-order valence-electron chi connectivity index (χ2n) is 3.41. The number of alkyl halides is 1. The molecule has 0 saturated carbocycles. The van der Waals surface area contributed by atoms with E-state index in [4.69, 9.17) is 16.3 Å². The van der Waals surface area contributed by atoms with E-state index in [1.165, 1.54) is 0 Å². The van der Waals surface area contributed by atoms with E-state index in [0.29, 0.717) is 19.1 Å². The maximum absolute atomic E-state index is 10.8. The lowest BCUT2D eigenvalue weighted by molar-refractivity contribution is 0.128. The number of sulfonamides is 1. The van der Waals surface area contributed by atoms with Crippen molar-refractivity contribution in [3.63, 3.8) is 0 Å². The van der Waals surface area contributed by atoms with E-state index in [2.05, 4.69) is 18.6 Å². The fraction of sp³-hybridized carbons (Fsp3) is 1.00. The predicted molar refractivity (Wildman–Crippen MR) is 57.9 cm³/mol. The van der Waals surface area contributed by atoms with Crippen molar-refractivity contribution in [3.8, 4) is 0 Å². The van der Waals surface area contributed by atoms with Crippen molar-refractivity contribution >= 4 is 21.6 Å². The smallest absolute Gasteiger partial charge is 0.225 e. The molecular formula is C8H18ClNO3S. The summed E-state index contributed by atoms with van der Waals surface area (Å²) < 4.78 is 29.2. The molecule has 14 heavy (non-hydrogen) atoms. The first-order valence-corrected chi connectivity index (χ1v) is 6.77. The molecule has 0 unspecified atom stereocenters. The van der Waals surface area contributed by atoms with E-state index >= 15 is 0 Å². The third-order valence-corrected chi connectivity index (χ3v) is 3.34. The summed E-state index contributed by atoms with van der Waals surface area (Å²) in [5, 5.41) is -0.404. The maximum atomic E-state index is 10.8. The SMILES string of the molecule is CC(C)CCOCCNS(=O)(=O)CCl. The quantitative estimate of drug-likeness (QED) is 0.514. The molecular weight excluding hydrogens is 226 g/mol. The van der Waals surface area contributed by atoms with Gasteiger partial charge in [0.25, 0.3) is 0 Å². The Hall–Kier alpha value is 0.160. The molecule has 1 N–H and O–H groups in total. The van der Waals surface area contributed by atoms with Crippen LogP contribution in [0, 0.1) is 5.92 Å². The summed E-state index contributed by atoms with van der Waals surface area (Å²) in [4.78, 5) is 0. The van der Waals surface area contributed by atoms with Crippen LogP contribution < -0.4 is 4.72 Å². The lowest BCUT2D eigenvalue weighted by Gasteiger charge is -2.06. The normalized spacial score (nSPS) is 12.3. The zero-order chi connectivity index (χ0) is 11.0. The number of hydrogen-bond acceptors (Lipinski definition) is 3. The Morgan fingerprint density at radius 3 is 2.50 bits per heavy atom. The van der Waals surface area contributed by atoms with Gasteiger partial charge in [-0.25, -0.2) is 13.1 Å². The van der Waals surface area contributed by atoms with E-state index in [-0.39, 0.29) is 6.54 Å². The first-order valence-electron chi connectivity index (χ1n) is 4.59. The molecule has 4 nitrogen and oxygen atoms in total. The van der Waals surface area contributed by atoms with E-state index in [1.54, 1.807) is 0 Å². The van der Waals surface area contributed by atoms with Gasteiger partial charge < -0.3 is 4.74 Å². The van der Waals surface area contributed by atoms with E-state index < -0.39 is 15.2 Å². The summed E-state index contributed by atoms with van der Waals surface area (Å²) in [5.74, 6) is 0.606. The average Bonchev–Trinajstić information content (AvgIpc) is 2.10. The maximum Gasteiger partial charge on any atom is 0.225 e. The van der Waals surface area contributed by atoms with E-state index in [0.717, 1.165) is 6.42 Å². The van der Waals surface area contributed by atoms with Gasteiger partial charge in [-0.2, -0.15) is 0 Å². The summed E-state index contributed by atoms with van der Waals surface area (Å²) in [5.41, 5.74) is 0. The van der Waals surface area contributed by atoms with Crippen molar-refractivity contribution in [1.82, 2.24) is 4.72 Å². The predicted octanol–water partition coefficient (Wildman–Crippen LogP) is 1.16. The molecule has 0 fully saturated rings. The second-order valence-corrected chi connectivity index (χ2v) is 5.80. The molecule has 0 saturated heterocycles. The Labute approximate surface area is 91.0 Å². The first kappa shape index (κ1) is 14.2. The van der Waals surface area contributed by atoms with Gasteiger partial charge >= 0.3 is 0 Å². The standard InChI is InChI=1S/C8H18ClNO3S/c1-8(2)3-5-13-6-4-10-14(11,12)7-9/h8,10H,3-7H2,1-2H3. The van der Waals surface area contributed by atoms with Crippen LogP contribution in [0.5, 0.6) is 0 Å². The summed E-state index contributed by atoms with van der Waals surface area (Å²) in [6.07, 6.45) is 0.988. The Morgan fingerprint density at radius 1 is 1.36 bits per heavy atom. The molecule has 0 amide bonds. The molecule has 0 radical (unpaired) electrons. The van der Waals surface area contributed by atoms with Gasteiger partial charge in [0.05, 0.1) is 6.61 Å². The fourth-order valence-corrected chi connectivity index (χ4v) is 1.43. The molecule has 0 spiro atoms. The summed E-state index contributed by atoms with van der Waals surface area (Å²) in [6, 6.07) is 0. The zero-order valence-electron chi connectivity index (χ0n) is 8.62. The summed E-state index contributed by atoms with van der Waals surface area (Å²) in [6.45, 7) is 5.56. The molecule has 0 heterocycles. The highest BCUT2D eigenvalue weighted by Gasteiger charge is 2.05. The van der Waals surface area contributed by atoms with Crippen LogP contribution in [-0.2, 0) is 14.8 Å². The van der Waals surface area contributed by atoms with Crippen LogP contribution in [0.25, 0.3) is 0 Å². The Kier molecular flexibility index (Phi) is 7.54. The highest BCUT2D eigenvalue weighted by molar-refractivity contribution is 7.90. The van der Waals surface area contributed by atoms with Crippen molar-refractivity contribution in [3.05, 3.63) is 0 Å². The second kappa shape index (κ2) is 7.45. The van der Waals surface area contributed by atoms with Crippen LogP contribution in [0.1, 0.15) is 20.3 Å². The van der Waals surface area contributed by atoms with Crippen LogP contribution >= 0.6 is 11.6 Å². The van der Waals surface area contributed by atoms with Crippen molar-refractivity contribution in [2.75, 3.05) is 25.0 Å². The van der Waals surface area contributed by atoms with E-state index in [9.17, 15) is 8.42 Å². The number of nitrogens with one attached hydrogen (secondary N) is 1. The lowest BCUT2D eigenvalue weighted by Crippen LogP contribution is -2.28. The third-order valence-electron chi connectivity index (χ3n) is 1.55. The molecule has 0 bridgehead atoms. The molecule has 0 aliphatic rings. The molecule has 0 aromatic heterocycles. The fourth-order valence-electron chi connectivity index (χ4n) is 0.729.